The van der Waals surface area contributed by atoms with Gasteiger partial charge in [0.25, 0.3) is 5.91 Å². The number of hydrogen-bond donors (Lipinski definition) is 3. The fourth-order valence-corrected chi connectivity index (χ4v) is 2.99. The summed E-state index contributed by atoms with van der Waals surface area (Å²) in [6.45, 7) is 6.19. The van der Waals surface area contributed by atoms with Crippen LogP contribution < -0.4 is 20.7 Å². The first-order chi connectivity index (χ1) is 13.6. The minimum atomic E-state index is -0.382. The van der Waals surface area contributed by atoms with Crippen LogP contribution in [0.2, 0.25) is 0 Å². The number of ether oxygens (including phenoxy) is 1. The lowest BCUT2D eigenvalue weighted by Gasteiger charge is -2.15. The molecule has 1 amide bonds. The van der Waals surface area contributed by atoms with Crippen LogP contribution >= 0.6 is 35.3 Å². The van der Waals surface area contributed by atoms with Gasteiger partial charge in [-0.3, -0.25) is 4.79 Å². The number of rotatable bonds is 10. The summed E-state index contributed by atoms with van der Waals surface area (Å²) in [7, 11) is 0. The molecule has 9 heteroatoms. The second-order valence-electron chi connectivity index (χ2n) is 6.09. The maximum absolute atomic E-state index is 13.6. The maximum atomic E-state index is 13.6. The minimum Gasteiger partial charge on any atom is -0.486 e. The van der Waals surface area contributed by atoms with Gasteiger partial charge in [-0.2, -0.15) is 0 Å². The highest BCUT2D eigenvalue weighted by atomic mass is 127. The van der Waals surface area contributed by atoms with E-state index >= 15 is 0 Å². The van der Waals surface area contributed by atoms with Gasteiger partial charge >= 0.3 is 0 Å². The van der Waals surface area contributed by atoms with Gasteiger partial charge < -0.3 is 20.7 Å². The van der Waals surface area contributed by atoms with Crippen molar-refractivity contribution < 1.29 is 13.9 Å². The van der Waals surface area contributed by atoms with E-state index in [1.54, 1.807) is 24.3 Å². The average Bonchev–Trinajstić information content (AvgIpc) is 3.22. The van der Waals surface area contributed by atoms with Gasteiger partial charge in [0.1, 0.15) is 6.10 Å². The Morgan fingerprint density at radius 1 is 1.17 bits per heavy atom. The number of nitrogens with zero attached hydrogens (tertiary/aromatic N) is 1. The van der Waals surface area contributed by atoms with Crippen LogP contribution in [0.15, 0.2) is 46.8 Å². The van der Waals surface area contributed by atoms with Crippen LogP contribution in [0.25, 0.3) is 0 Å². The molecule has 1 heterocycles. The molecule has 1 unspecified atom stereocenters. The lowest BCUT2D eigenvalue weighted by atomic mass is 10.3. The lowest BCUT2D eigenvalue weighted by molar-refractivity contribution is 0.0957. The molecule has 0 aliphatic rings. The third-order valence-electron chi connectivity index (χ3n) is 3.69. The second kappa shape index (κ2) is 14.2. The summed E-state index contributed by atoms with van der Waals surface area (Å²) >= 11 is 1.42. The van der Waals surface area contributed by atoms with Crippen molar-refractivity contribution in [1.82, 2.24) is 16.0 Å². The van der Waals surface area contributed by atoms with Gasteiger partial charge in [0.15, 0.2) is 17.5 Å². The average molecular weight is 534 g/mol. The molecule has 3 N–H and O–H groups in total. The van der Waals surface area contributed by atoms with E-state index in [1.807, 2.05) is 25.3 Å². The summed E-state index contributed by atoms with van der Waals surface area (Å²) in [5.41, 5.74) is 0. The Balaban J connectivity index is 0.00000420. The molecule has 0 fully saturated rings. The zero-order chi connectivity index (χ0) is 20.2. The minimum absolute atomic E-state index is 0. The van der Waals surface area contributed by atoms with E-state index in [1.165, 1.54) is 17.4 Å². The largest absolute Gasteiger partial charge is 0.486 e. The van der Waals surface area contributed by atoms with Crippen LogP contribution in [-0.2, 0) is 0 Å². The lowest BCUT2D eigenvalue weighted by Crippen LogP contribution is -2.39. The summed E-state index contributed by atoms with van der Waals surface area (Å²) < 4.78 is 19.2. The number of halogens is 2. The molecule has 0 bridgehead atoms. The molecular weight excluding hydrogens is 506 g/mol. The van der Waals surface area contributed by atoms with Gasteiger partial charge in [-0.05, 0) is 43.8 Å². The number of thiophene rings is 1. The molecule has 0 saturated carbocycles. The molecule has 1 aromatic carbocycles. The number of para-hydroxylation sites is 1. The molecule has 0 spiro atoms. The van der Waals surface area contributed by atoms with Crippen molar-refractivity contribution in [3.05, 3.63) is 52.5 Å². The molecule has 2 rings (SSSR count). The highest BCUT2D eigenvalue weighted by Crippen LogP contribution is 2.16. The van der Waals surface area contributed by atoms with Crippen molar-refractivity contribution in [3.63, 3.8) is 0 Å². The highest BCUT2D eigenvalue weighted by molar-refractivity contribution is 14.0. The summed E-state index contributed by atoms with van der Waals surface area (Å²) in [6, 6.07) is 9.99. The Morgan fingerprint density at radius 2 is 1.93 bits per heavy atom. The summed E-state index contributed by atoms with van der Waals surface area (Å²) in [4.78, 5) is 17.0. The number of carbonyl (C=O) groups excluding carboxylic acids is 1. The van der Waals surface area contributed by atoms with E-state index in [4.69, 9.17) is 4.74 Å². The van der Waals surface area contributed by atoms with Gasteiger partial charge in [-0.15, -0.1) is 35.3 Å². The van der Waals surface area contributed by atoms with Crippen LogP contribution in [0.4, 0.5) is 4.39 Å². The highest BCUT2D eigenvalue weighted by Gasteiger charge is 2.08. The van der Waals surface area contributed by atoms with Gasteiger partial charge in [0.05, 0.1) is 11.4 Å². The van der Waals surface area contributed by atoms with Crippen molar-refractivity contribution >= 4 is 47.2 Å². The molecule has 29 heavy (non-hydrogen) atoms. The van der Waals surface area contributed by atoms with E-state index in [0.717, 1.165) is 13.0 Å². The van der Waals surface area contributed by atoms with E-state index in [9.17, 15) is 9.18 Å². The number of benzene rings is 1. The number of amides is 1. The Bertz CT molecular complexity index is 759. The van der Waals surface area contributed by atoms with Crippen LogP contribution in [0.3, 0.4) is 0 Å². The number of carbonyl (C=O) groups is 1. The third-order valence-corrected chi connectivity index (χ3v) is 4.56. The predicted molar refractivity (Wildman–Crippen MR) is 127 cm³/mol. The van der Waals surface area contributed by atoms with Crippen molar-refractivity contribution in [2.24, 2.45) is 4.99 Å². The maximum Gasteiger partial charge on any atom is 0.261 e. The molecule has 0 radical (unpaired) electrons. The van der Waals surface area contributed by atoms with E-state index < -0.39 is 0 Å². The summed E-state index contributed by atoms with van der Waals surface area (Å²) in [5, 5.41) is 11.1. The first-order valence-electron chi connectivity index (χ1n) is 9.35. The van der Waals surface area contributed by atoms with Crippen molar-refractivity contribution in [3.8, 4) is 5.75 Å². The summed E-state index contributed by atoms with van der Waals surface area (Å²) in [5.74, 6) is 0.461. The molecule has 1 aromatic heterocycles. The first-order valence-corrected chi connectivity index (χ1v) is 10.2. The summed E-state index contributed by atoms with van der Waals surface area (Å²) in [6.07, 6.45) is 0.500. The van der Waals surface area contributed by atoms with E-state index in [-0.39, 0.29) is 47.6 Å². The number of aliphatic imine (C=N–C) groups is 1. The van der Waals surface area contributed by atoms with Gasteiger partial charge in [-0.1, -0.05) is 18.2 Å². The molecule has 2 aromatic rings. The Labute approximate surface area is 192 Å². The smallest absolute Gasteiger partial charge is 0.261 e. The Kier molecular flexibility index (Phi) is 12.3. The third kappa shape index (κ3) is 9.44. The monoisotopic (exact) mass is 534 g/mol. The van der Waals surface area contributed by atoms with E-state index in [0.29, 0.717) is 30.5 Å². The van der Waals surface area contributed by atoms with Crippen LogP contribution in [-0.4, -0.2) is 44.1 Å². The molecule has 6 nitrogen and oxygen atoms in total. The zero-order valence-electron chi connectivity index (χ0n) is 16.6. The van der Waals surface area contributed by atoms with Gasteiger partial charge in [-0.25, -0.2) is 9.38 Å². The molecule has 0 aliphatic heterocycles. The Morgan fingerprint density at radius 3 is 2.62 bits per heavy atom. The SMILES string of the molecule is CCNC(=NCC(C)Oc1ccccc1F)NCCCNC(=O)c1cccs1.I. The van der Waals surface area contributed by atoms with Gasteiger partial charge in [0.2, 0.25) is 0 Å². The topological polar surface area (TPSA) is 74.8 Å². The van der Waals surface area contributed by atoms with E-state index in [2.05, 4.69) is 20.9 Å². The quantitative estimate of drug-likeness (QED) is 0.188. The van der Waals surface area contributed by atoms with Gasteiger partial charge in [0, 0.05) is 19.6 Å². The van der Waals surface area contributed by atoms with Crippen molar-refractivity contribution in [1.29, 1.82) is 0 Å². The Hall–Kier alpha value is -1.88. The molecular formula is C20H28FIN4O2S. The number of hydrogen-bond acceptors (Lipinski definition) is 4. The molecule has 1 atom stereocenters. The zero-order valence-corrected chi connectivity index (χ0v) is 19.8. The normalized spacial score (nSPS) is 11.9. The molecule has 0 saturated heterocycles. The number of guanidine groups is 1. The standard InChI is InChI=1S/C20H27FN4O2S.HI/c1-3-22-20(24-12-7-11-23-19(26)18-10-6-13-28-18)25-14-15(2)27-17-9-5-4-8-16(17)21;/h4-6,8-10,13,15H,3,7,11-12,14H2,1-2H3,(H,23,26)(H2,22,24,25);1H. The van der Waals surface area contributed by atoms with Crippen LogP contribution in [0.1, 0.15) is 29.9 Å². The van der Waals surface area contributed by atoms with Crippen LogP contribution in [0, 0.1) is 5.82 Å². The molecule has 0 aliphatic carbocycles. The predicted octanol–water partition coefficient (Wildman–Crippen LogP) is 3.65. The number of nitrogens with one attached hydrogen (secondary N) is 3. The first kappa shape index (κ1) is 25.2. The van der Waals surface area contributed by atoms with Crippen molar-refractivity contribution in [2.75, 3.05) is 26.2 Å². The fourth-order valence-electron chi connectivity index (χ4n) is 2.35. The fraction of sp³-hybridized carbons (Fsp3) is 0.400. The molecule has 160 valence electrons. The van der Waals surface area contributed by atoms with Crippen molar-refractivity contribution in [2.45, 2.75) is 26.4 Å². The van der Waals surface area contributed by atoms with Crippen LogP contribution in [0.5, 0.6) is 5.75 Å². The second-order valence-corrected chi connectivity index (χ2v) is 7.04.